The number of likely N-dealkylation sites (tertiary alicyclic amines) is 1. The number of anilines is 1. The first-order valence-electron chi connectivity index (χ1n) is 9.89. The van der Waals surface area contributed by atoms with Crippen LogP contribution in [0.3, 0.4) is 0 Å². The highest BCUT2D eigenvalue weighted by Crippen LogP contribution is 2.20. The molecular weight excluding hydrogens is 420 g/mol. The number of ether oxygens (including phenoxy) is 1. The Labute approximate surface area is 181 Å². The molecule has 10 heteroatoms. The normalized spacial score (nSPS) is 16.2. The van der Waals surface area contributed by atoms with Crippen LogP contribution in [0.15, 0.2) is 63.9 Å². The summed E-state index contributed by atoms with van der Waals surface area (Å²) in [6.45, 7) is 0.766. The van der Waals surface area contributed by atoms with Gasteiger partial charge in [0.25, 0.3) is 10.0 Å². The number of amides is 2. The molecule has 0 saturated carbocycles. The summed E-state index contributed by atoms with van der Waals surface area (Å²) in [6.07, 6.45) is 0.582. The molecule has 9 nitrogen and oxygen atoms in total. The van der Waals surface area contributed by atoms with Crippen LogP contribution in [0.5, 0.6) is 5.75 Å². The van der Waals surface area contributed by atoms with Crippen molar-refractivity contribution >= 4 is 27.6 Å². The Morgan fingerprint density at radius 1 is 1.23 bits per heavy atom. The predicted molar refractivity (Wildman–Crippen MR) is 118 cm³/mol. The third-order valence-corrected chi connectivity index (χ3v) is 5.93. The Hall–Kier alpha value is -3.11. The smallest absolute Gasteiger partial charge is 0.319 e. The molecule has 3 rings (SSSR count). The van der Waals surface area contributed by atoms with E-state index in [9.17, 15) is 18.3 Å². The molecule has 3 N–H and O–H groups in total. The fourth-order valence-corrected chi connectivity index (χ4v) is 4.13. The van der Waals surface area contributed by atoms with Gasteiger partial charge in [0.05, 0.1) is 4.90 Å². The number of sulfonamides is 1. The average molecular weight is 447 g/mol. The summed E-state index contributed by atoms with van der Waals surface area (Å²) in [5.41, 5.74) is 0.300. The summed E-state index contributed by atoms with van der Waals surface area (Å²) in [7, 11) is -2.07. The van der Waals surface area contributed by atoms with Crippen LogP contribution in [0, 0.1) is 0 Å². The van der Waals surface area contributed by atoms with Gasteiger partial charge in [0, 0.05) is 32.2 Å². The Balaban J connectivity index is 1.52. The van der Waals surface area contributed by atoms with Crippen molar-refractivity contribution in [3.05, 3.63) is 54.6 Å². The van der Waals surface area contributed by atoms with E-state index in [0.29, 0.717) is 23.7 Å². The molecular formula is C21H26N4O5S. The highest BCUT2D eigenvalue weighted by atomic mass is 32.2. The van der Waals surface area contributed by atoms with Crippen molar-refractivity contribution in [3.8, 4) is 5.75 Å². The maximum Gasteiger partial charge on any atom is 0.319 e. The minimum absolute atomic E-state index is 0.00519. The molecule has 0 aromatic heterocycles. The fraction of sp³-hybridized carbons (Fsp3) is 0.333. The quantitative estimate of drug-likeness (QED) is 0.571. The molecule has 2 amide bonds. The molecule has 1 aliphatic rings. The molecule has 1 heterocycles. The minimum Gasteiger partial charge on any atom is -0.491 e. The zero-order chi connectivity index (χ0) is 22.3. The molecule has 1 aliphatic heterocycles. The predicted octanol–water partition coefficient (Wildman–Crippen LogP) is 2.06. The van der Waals surface area contributed by atoms with Crippen LogP contribution < -0.4 is 15.4 Å². The maximum absolute atomic E-state index is 12.6. The van der Waals surface area contributed by atoms with Gasteiger partial charge in [-0.3, -0.25) is 0 Å². The number of rotatable bonds is 8. The number of hydrogen-bond acceptors (Lipinski definition) is 5. The molecule has 0 radical (unpaired) electrons. The van der Waals surface area contributed by atoms with Gasteiger partial charge in [-0.15, -0.1) is 4.40 Å². The second-order valence-corrected chi connectivity index (χ2v) is 8.75. The van der Waals surface area contributed by atoms with Gasteiger partial charge < -0.3 is 25.4 Å². The lowest BCUT2D eigenvalue weighted by molar-refractivity contribution is 0.108. The number of aliphatic hydroxyl groups is 1. The molecule has 31 heavy (non-hydrogen) atoms. The molecule has 2 aromatic carbocycles. The van der Waals surface area contributed by atoms with Crippen LogP contribution in [-0.4, -0.2) is 63.1 Å². The van der Waals surface area contributed by atoms with Crippen LogP contribution in [0.1, 0.15) is 12.8 Å². The zero-order valence-electron chi connectivity index (χ0n) is 17.2. The molecule has 1 saturated heterocycles. The molecule has 1 atom stereocenters. The average Bonchev–Trinajstić information content (AvgIpc) is 3.15. The second kappa shape index (κ2) is 10.3. The van der Waals surface area contributed by atoms with E-state index in [0.717, 1.165) is 13.0 Å². The lowest BCUT2D eigenvalue weighted by Crippen LogP contribution is -2.37. The van der Waals surface area contributed by atoms with E-state index in [-0.39, 0.29) is 18.0 Å². The lowest BCUT2D eigenvalue weighted by atomic mass is 10.3. The van der Waals surface area contributed by atoms with Gasteiger partial charge in [-0.25, -0.2) is 4.79 Å². The Morgan fingerprint density at radius 2 is 2.00 bits per heavy atom. The first kappa shape index (κ1) is 22.6. The molecule has 1 fully saturated rings. The van der Waals surface area contributed by atoms with Gasteiger partial charge in [-0.2, -0.15) is 8.42 Å². The molecule has 0 spiro atoms. The second-order valence-electron chi connectivity index (χ2n) is 7.15. The fourth-order valence-electron chi connectivity index (χ4n) is 2.99. The number of benzene rings is 2. The molecule has 2 aromatic rings. The summed E-state index contributed by atoms with van der Waals surface area (Å²) < 4.78 is 34.5. The van der Waals surface area contributed by atoms with Crippen molar-refractivity contribution in [3.63, 3.8) is 0 Å². The van der Waals surface area contributed by atoms with E-state index >= 15 is 0 Å². The Bertz CT molecular complexity index is 1030. The first-order valence-corrected chi connectivity index (χ1v) is 11.3. The van der Waals surface area contributed by atoms with Crippen molar-refractivity contribution in [2.75, 3.05) is 32.1 Å². The van der Waals surface area contributed by atoms with E-state index < -0.39 is 22.2 Å². The highest BCUT2D eigenvalue weighted by Gasteiger charge is 2.20. The standard InChI is InChI=1S/C21H26N4O5S/c1-25-12-6-11-20(25)24-31(28,29)19-10-5-7-16(13-19)23-21(27)22-14-17(26)15-30-18-8-3-2-4-9-18/h2-5,7-10,13,17,26H,6,11-12,14-15H2,1H3,(H2,22,23,27)/b24-20+. The molecule has 0 bridgehead atoms. The third kappa shape index (κ3) is 6.69. The molecule has 0 aliphatic carbocycles. The minimum atomic E-state index is -3.88. The monoisotopic (exact) mass is 446 g/mol. The summed E-state index contributed by atoms with van der Waals surface area (Å²) >= 11 is 0. The van der Waals surface area contributed by atoms with Crippen molar-refractivity contribution in [2.45, 2.75) is 23.8 Å². The van der Waals surface area contributed by atoms with Crippen LogP contribution in [0.2, 0.25) is 0 Å². The van der Waals surface area contributed by atoms with Crippen LogP contribution in [0.4, 0.5) is 10.5 Å². The molecule has 166 valence electrons. The first-order chi connectivity index (χ1) is 14.8. The summed E-state index contributed by atoms with van der Waals surface area (Å²) in [4.78, 5) is 13.9. The van der Waals surface area contributed by atoms with Crippen molar-refractivity contribution < 1.29 is 23.1 Å². The number of urea groups is 1. The SMILES string of the molecule is CN1CCC/C1=N\S(=O)(=O)c1cccc(NC(=O)NCC(O)COc2ccccc2)c1. The van der Waals surface area contributed by atoms with E-state index in [4.69, 9.17) is 4.74 Å². The lowest BCUT2D eigenvalue weighted by Gasteiger charge is -2.14. The van der Waals surface area contributed by atoms with Gasteiger partial charge in [0.2, 0.25) is 0 Å². The summed E-state index contributed by atoms with van der Waals surface area (Å²) in [5, 5.41) is 15.1. The number of carbonyl (C=O) groups excluding carboxylic acids is 1. The van der Waals surface area contributed by atoms with Gasteiger partial charge in [0.1, 0.15) is 24.3 Å². The zero-order valence-corrected chi connectivity index (χ0v) is 18.0. The van der Waals surface area contributed by atoms with E-state index in [1.807, 2.05) is 30.1 Å². The van der Waals surface area contributed by atoms with Gasteiger partial charge in [-0.05, 0) is 36.8 Å². The number of amidine groups is 1. The van der Waals surface area contributed by atoms with Gasteiger partial charge >= 0.3 is 6.03 Å². The van der Waals surface area contributed by atoms with Crippen LogP contribution >= 0.6 is 0 Å². The van der Waals surface area contributed by atoms with Crippen molar-refractivity contribution in [1.82, 2.24) is 10.2 Å². The number of nitrogens with zero attached hydrogens (tertiary/aromatic N) is 2. The highest BCUT2D eigenvalue weighted by molar-refractivity contribution is 7.90. The van der Waals surface area contributed by atoms with Gasteiger partial charge in [0.15, 0.2) is 0 Å². The van der Waals surface area contributed by atoms with E-state index in [1.165, 1.54) is 18.2 Å². The maximum atomic E-state index is 12.6. The molecule has 1 unspecified atom stereocenters. The number of hydrogen-bond donors (Lipinski definition) is 3. The third-order valence-electron chi connectivity index (χ3n) is 4.63. The van der Waals surface area contributed by atoms with Crippen LogP contribution in [-0.2, 0) is 10.0 Å². The Kier molecular flexibility index (Phi) is 7.48. The summed E-state index contributed by atoms with van der Waals surface area (Å²) in [6, 6.07) is 14.3. The topological polar surface area (TPSA) is 120 Å². The summed E-state index contributed by atoms with van der Waals surface area (Å²) in [5.74, 6) is 1.15. The van der Waals surface area contributed by atoms with Crippen molar-refractivity contribution in [1.29, 1.82) is 0 Å². The van der Waals surface area contributed by atoms with Gasteiger partial charge in [-0.1, -0.05) is 24.3 Å². The van der Waals surface area contributed by atoms with E-state index in [1.54, 1.807) is 18.2 Å². The van der Waals surface area contributed by atoms with Crippen molar-refractivity contribution in [2.24, 2.45) is 4.40 Å². The number of carbonyl (C=O) groups is 1. The number of aliphatic hydroxyl groups excluding tert-OH is 1. The van der Waals surface area contributed by atoms with E-state index in [2.05, 4.69) is 15.0 Å². The van der Waals surface area contributed by atoms with Crippen LogP contribution in [0.25, 0.3) is 0 Å². The number of para-hydroxylation sites is 1. The Morgan fingerprint density at radius 3 is 2.71 bits per heavy atom. The largest absolute Gasteiger partial charge is 0.491 e. The number of nitrogens with one attached hydrogen (secondary N) is 2.